The first-order chi connectivity index (χ1) is 17.3. The van der Waals surface area contributed by atoms with Crippen LogP contribution in [-0.2, 0) is 30.5 Å². The molecule has 0 aromatic heterocycles. The van der Waals surface area contributed by atoms with Gasteiger partial charge in [-0.1, -0.05) is 42.5 Å². The molecule has 2 heterocycles. The maximum atomic E-state index is 13.0. The van der Waals surface area contributed by atoms with Crippen LogP contribution >= 0.6 is 0 Å². The van der Waals surface area contributed by atoms with Gasteiger partial charge >= 0.3 is 17.9 Å². The molecule has 36 heavy (non-hydrogen) atoms. The molecule has 0 bridgehead atoms. The van der Waals surface area contributed by atoms with Gasteiger partial charge in [-0.25, -0.2) is 9.59 Å². The van der Waals surface area contributed by atoms with E-state index in [1.807, 2.05) is 11.8 Å². The van der Waals surface area contributed by atoms with Crippen LogP contribution in [0.15, 0.2) is 42.5 Å². The zero-order valence-electron chi connectivity index (χ0n) is 20.6. The fraction of sp³-hybridized carbons (Fsp3) is 0.481. The van der Waals surface area contributed by atoms with Crippen LogP contribution in [0.2, 0.25) is 0 Å². The lowest BCUT2D eigenvalue weighted by atomic mass is 9.91. The van der Waals surface area contributed by atoms with E-state index >= 15 is 0 Å². The Balaban J connectivity index is 0.000000538. The number of likely N-dealkylation sites (tertiary alicyclic amines) is 2. The van der Waals surface area contributed by atoms with Crippen LogP contribution in [0.4, 0.5) is 0 Å². The number of fused-ring (bicyclic) bond motifs is 1. The van der Waals surface area contributed by atoms with Crippen LogP contribution in [-0.4, -0.2) is 76.6 Å². The Morgan fingerprint density at radius 1 is 0.833 bits per heavy atom. The first-order valence-electron chi connectivity index (χ1n) is 12.4. The van der Waals surface area contributed by atoms with E-state index in [2.05, 4.69) is 47.4 Å². The standard InChI is InChI=1S/C25H32N2O3.C2H2O4/c1-2-30-25(29)21-12-16-27(17-13-21)24(28)20-10-14-26(15-11-20)18-22-8-5-7-19-6-3-4-9-23(19)22;3-1(4)2(5)6/h3-9,20-21H,2,10-18H2,1H3;(H,3,4)(H,5,6). The van der Waals surface area contributed by atoms with Crippen molar-refractivity contribution in [2.75, 3.05) is 32.8 Å². The third kappa shape index (κ3) is 7.27. The van der Waals surface area contributed by atoms with E-state index in [0.717, 1.165) is 45.3 Å². The molecule has 2 saturated heterocycles. The van der Waals surface area contributed by atoms with Crippen molar-refractivity contribution in [2.24, 2.45) is 11.8 Å². The number of piperidine rings is 2. The molecule has 0 atom stereocenters. The second kappa shape index (κ2) is 13.0. The van der Waals surface area contributed by atoms with Crippen molar-refractivity contribution < 1.29 is 34.1 Å². The van der Waals surface area contributed by atoms with Gasteiger partial charge in [0.15, 0.2) is 0 Å². The Labute approximate surface area is 210 Å². The van der Waals surface area contributed by atoms with Gasteiger partial charge < -0.3 is 19.8 Å². The Hall–Kier alpha value is -3.46. The topological polar surface area (TPSA) is 124 Å². The average molecular weight is 499 g/mol. The lowest BCUT2D eigenvalue weighted by molar-refractivity contribution is -0.159. The van der Waals surface area contributed by atoms with Gasteiger partial charge in [0.25, 0.3) is 0 Å². The highest BCUT2D eigenvalue weighted by atomic mass is 16.5. The van der Waals surface area contributed by atoms with Crippen molar-refractivity contribution in [3.63, 3.8) is 0 Å². The number of hydrogen-bond donors (Lipinski definition) is 2. The summed E-state index contributed by atoms with van der Waals surface area (Å²) in [6, 6.07) is 15.0. The van der Waals surface area contributed by atoms with Gasteiger partial charge in [-0.15, -0.1) is 0 Å². The number of benzene rings is 2. The molecule has 2 N–H and O–H groups in total. The number of aliphatic carboxylic acids is 2. The lowest BCUT2D eigenvalue weighted by Crippen LogP contribution is -2.46. The maximum absolute atomic E-state index is 13.0. The highest BCUT2D eigenvalue weighted by Crippen LogP contribution is 2.26. The predicted octanol–water partition coefficient (Wildman–Crippen LogP) is 3.01. The quantitative estimate of drug-likeness (QED) is 0.476. The number of carboxylic acids is 2. The minimum absolute atomic E-state index is 0.0449. The normalized spacial score (nSPS) is 17.2. The number of esters is 1. The lowest BCUT2D eigenvalue weighted by Gasteiger charge is -2.37. The van der Waals surface area contributed by atoms with Crippen LogP contribution in [0.25, 0.3) is 10.8 Å². The molecule has 9 heteroatoms. The Kier molecular flexibility index (Phi) is 9.81. The summed E-state index contributed by atoms with van der Waals surface area (Å²) in [4.78, 5) is 47.5. The Morgan fingerprint density at radius 2 is 1.42 bits per heavy atom. The molecule has 0 spiro atoms. The highest BCUT2D eigenvalue weighted by Gasteiger charge is 2.33. The van der Waals surface area contributed by atoms with E-state index in [4.69, 9.17) is 24.5 Å². The smallest absolute Gasteiger partial charge is 0.414 e. The molecule has 0 unspecified atom stereocenters. The van der Waals surface area contributed by atoms with E-state index in [-0.39, 0.29) is 23.7 Å². The third-order valence-electron chi connectivity index (χ3n) is 6.82. The van der Waals surface area contributed by atoms with Crippen LogP contribution < -0.4 is 0 Å². The van der Waals surface area contributed by atoms with E-state index in [0.29, 0.717) is 19.7 Å². The van der Waals surface area contributed by atoms with Crippen molar-refractivity contribution in [1.82, 2.24) is 9.80 Å². The van der Waals surface area contributed by atoms with Crippen LogP contribution in [0.5, 0.6) is 0 Å². The van der Waals surface area contributed by atoms with Gasteiger partial charge in [0.1, 0.15) is 0 Å². The highest BCUT2D eigenvalue weighted by molar-refractivity contribution is 6.27. The van der Waals surface area contributed by atoms with Crippen molar-refractivity contribution >= 4 is 34.6 Å². The fourth-order valence-electron chi connectivity index (χ4n) is 4.86. The molecule has 194 valence electrons. The molecular weight excluding hydrogens is 464 g/mol. The second-order valence-corrected chi connectivity index (χ2v) is 9.15. The van der Waals surface area contributed by atoms with Crippen LogP contribution in [0.1, 0.15) is 38.2 Å². The van der Waals surface area contributed by atoms with E-state index in [1.54, 1.807) is 0 Å². The summed E-state index contributed by atoms with van der Waals surface area (Å²) < 4.78 is 5.13. The monoisotopic (exact) mass is 498 g/mol. The number of ether oxygens (including phenoxy) is 1. The van der Waals surface area contributed by atoms with E-state index in [1.165, 1.54) is 16.3 Å². The number of carbonyl (C=O) groups is 4. The summed E-state index contributed by atoms with van der Waals surface area (Å²) in [5.74, 6) is -3.40. The molecule has 2 fully saturated rings. The summed E-state index contributed by atoms with van der Waals surface area (Å²) in [6.07, 6.45) is 3.29. The first kappa shape index (κ1) is 27.1. The molecule has 4 rings (SSSR count). The minimum Gasteiger partial charge on any atom is -0.473 e. The molecule has 2 aromatic rings. The largest absolute Gasteiger partial charge is 0.473 e. The number of rotatable bonds is 5. The van der Waals surface area contributed by atoms with Crippen molar-refractivity contribution in [2.45, 2.75) is 39.2 Å². The number of carbonyl (C=O) groups excluding carboxylic acids is 2. The van der Waals surface area contributed by atoms with Crippen LogP contribution in [0, 0.1) is 11.8 Å². The zero-order chi connectivity index (χ0) is 26.1. The molecule has 2 aliphatic rings. The van der Waals surface area contributed by atoms with E-state index < -0.39 is 11.9 Å². The SMILES string of the molecule is CCOC(=O)C1CCN(C(=O)C2CCN(Cc3cccc4ccccc34)CC2)CC1.O=C(O)C(=O)O. The Bertz CT molecular complexity index is 1050. The molecule has 0 saturated carbocycles. The molecular formula is C27H34N2O7. The van der Waals surface area contributed by atoms with Gasteiger partial charge in [0.2, 0.25) is 5.91 Å². The van der Waals surface area contributed by atoms with Gasteiger partial charge in [-0.05, 0) is 62.0 Å². The average Bonchev–Trinajstić information content (AvgIpc) is 2.89. The number of hydrogen-bond acceptors (Lipinski definition) is 6. The molecule has 0 radical (unpaired) electrons. The molecule has 9 nitrogen and oxygen atoms in total. The maximum Gasteiger partial charge on any atom is 0.414 e. The van der Waals surface area contributed by atoms with Gasteiger partial charge in [-0.2, -0.15) is 0 Å². The second-order valence-electron chi connectivity index (χ2n) is 9.15. The van der Waals surface area contributed by atoms with E-state index in [9.17, 15) is 9.59 Å². The zero-order valence-corrected chi connectivity index (χ0v) is 20.6. The molecule has 2 aliphatic heterocycles. The predicted molar refractivity (Wildman–Crippen MR) is 133 cm³/mol. The summed E-state index contributed by atoms with van der Waals surface area (Å²) in [5.41, 5.74) is 1.36. The summed E-state index contributed by atoms with van der Waals surface area (Å²) in [5, 5.41) is 17.4. The fourth-order valence-corrected chi connectivity index (χ4v) is 4.86. The number of carboxylic acid groups (broad SMARTS) is 2. The van der Waals surface area contributed by atoms with Gasteiger partial charge in [-0.3, -0.25) is 14.5 Å². The molecule has 1 amide bonds. The Morgan fingerprint density at radius 3 is 2.03 bits per heavy atom. The van der Waals surface area contributed by atoms with Crippen molar-refractivity contribution in [3.8, 4) is 0 Å². The third-order valence-corrected chi connectivity index (χ3v) is 6.82. The summed E-state index contributed by atoms with van der Waals surface area (Å²) >= 11 is 0. The summed E-state index contributed by atoms with van der Waals surface area (Å²) in [7, 11) is 0. The summed E-state index contributed by atoms with van der Waals surface area (Å²) in [6.45, 7) is 6.47. The van der Waals surface area contributed by atoms with Crippen molar-refractivity contribution in [1.29, 1.82) is 0 Å². The molecule has 2 aromatic carbocycles. The van der Waals surface area contributed by atoms with Gasteiger partial charge in [0.05, 0.1) is 12.5 Å². The molecule has 0 aliphatic carbocycles. The first-order valence-corrected chi connectivity index (χ1v) is 12.4. The number of nitrogens with zero attached hydrogens (tertiary/aromatic N) is 2. The van der Waals surface area contributed by atoms with Crippen LogP contribution in [0.3, 0.4) is 0 Å². The number of amides is 1. The van der Waals surface area contributed by atoms with Crippen molar-refractivity contribution in [3.05, 3.63) is 48.0 Å². The van der Waals surface area contributed by atoms with Gasteiger partial charge in [0, 0.05) is 25.6 Å². The minimum atomic E-state index is -1.82.